The average molecular weight is 385 g/mol. The van der Waals surface area contributed by atoms with Gasteiger partial charge >= 0.3 is 0 Å². The lowest BCUT2D eigenvalue weighted by atomic mass is 10.4. The number of Topliss-reactive ketones (excluding diaryl/α,β-unsaturated/α-hetero) is 1. The SMILES string of the molecule is CC(=O)C(Br)(Br)n1ncc(N=[N+]=[N-])c(Cl)c1=O. The Labute approximate surface area is 117 Å². The standard InChI is InChI=1S/C7H4Br2ClN5O2/c1-3(16)7(8,9)15-6(17)5(10)4(2-12-15)13-14-11/h2H,1H3. The fourth-order valence-corrected chi connectivity index (χ4v) is 1.56. The molecule has 1 aromatic rings. The molecule has 1 aromatic heterocycles. The summed E-state index contributed by atoms with van der Waals surface area (Å²) < 4.78 is -0.677. The third-order valence-electron chi connectivity index (χ3n) is 1.74. The van der Waals surface area contributed by atoms with E-state index in [2.05, 4.69) is 47.0 Å². The Bertz CT molecular complexity index is 578. The van der Waals surface area contributed by atoms with E-state index in [0.717, 1.165) is 10.9 Å². The Morgan fingerprint density at radius 2 is 2.29 bits per heavy atom. The number of nitrogens with zero attached hydrogens (tertiary/aromatic N) is 5. The number of aromatic nitrogens is 2. The van der Waals surface area contributed by atoms with Crippen LogP contribution in [-0.2, 0) is 8.15 Å². The summed E-state index contributed by atoms with van der Waals surface area (Å²) in [7, 11) is 0. The largest absolute Gasteiger partial charge is 0.295 e. The minimum atomic E-state index is -1.48. The van der Waals surface area contributed by atoms with Crippen LogP contribution in [0.25, 0.3) is 10.4 Å². The van der Waals surface area contributed by atoms with Crippen molar-refractivity contribution in [2.75, 3.05) is 0 Å². The number of hydrogen-bond acceptors (Lipinski definition) is 4. The number of alkyl halides is 2. The first-order chi connectivity index (χ1) is 7.82. The molecule has 0 aliphatic carbocycles. The molecule has 0 bridgehead atoms. The van der Waals surface area contributed by atoms with Gasteiger partial charge in [0, 0.05) is 4.91 Å². The number of hydrogen-bond donors (Lipinski definition) is 0. The molecule has 0 saturated carbocycles. The zero-order valence-corrected chi connectivity index (χ0v) is 12.2. The molecule has 1 heterocycles. The second-order valence-electron chi connectivity index (χ2n) is 2.85. The van der Waals surface area contributed by atoms with Gasteiger partial charge in [0.15, 0.2) is 5.78 Å². The lowest BCUT2D eigenvalue weighted by Gasteiger charge is -2.18. The van der Waals surface area contributed by atoms with Crippen LogP contribution < -0.4 is 5.56 Å². The van der Waals surface area contributed by atoms with Crippen LogP contribution in [0.2, 0.25) is 5.02 Å². The molecule has 0 unspecified atom stereocenters. The Morgan fingerprint density at radius 3 is 2.76 bits per heavy atom. The van der Waals surface area contributed by atoms with Gasteiger partial charge in [-0.05, 0) is 44.3 Å². The molecular weight excluding hydrogens is 381 g/mol. The van der Waals surface area contributed by atoms with Crippen molar-refractivity contribution >= 4 is 54.9 Å². The van der Waals surface area contributed by atoms with Gasteiger partial charge in [-0.1, -0.05) is 16.7 Å². The second kappa shape index (κ2) is 5.18. The molecule has 1 rings (SSSR count). The quantitative estimate of drug-likeness (QED) is 0.346. The summed E-state index contributed by atoms with van der Waals surface area (Å²) in [6.07, 6.45) is 1.09. The van der Waals surface area contributed by atoms with Gasteiger partial charge in [-0.2, -0.15) is 9.78 Å². The van der Waals surface area contributed by atoms with Crippen LogP contribution in [0, 0.1) is 0 Å². The van der Waals surface area contributed by atoms with E-state index < -0.39 is 14.7 Å². The summed E-state index contributed by atoms with van der Waals surface area (Å²) >= 11 is 11.7. The number of carbonyl (C=O) groups excluding carboxylic acids is 1. The Balaban J connectivity index is 3.52. The van der Waals surface area contributed by atoms with Crippen molar-refractivity contribution in [3.05, 3.63) is 32.0 Å². The Morgan fingerprint density at radius 1 is 1.71 bits per heavy atom. The van der Waals surface area contributed by atoms with Crippen LogP contribution >= 0.6 is 43.5 Å². The molecule has 0 aromatic carbocycles. The summed E-state index contributed by atoms with van der Waals surface area (Å²) in [5.74, 6) is -0.403. The van der Waals surface area contributed by atoms with Gasteiger partial charge in [-0.3, -0.25) is 9.59 Å². The van der Waals surface area contributed by atoms with Crippen LogP contribution in [0.15, 0.2) is 16.1 Å². The molecule has 0 aliphatic rings. The molecule has 0 saturated heterocycles. The van der Waals surface area contributed by atoms with E-state index in [9.17, 15) is 9.59 Å². The van der Waals surface area contributed by atoms with Gasteiger partial charge in [0.1, 0.15) is 5.02 Å². The molecule has 0 radical (unpaired) electrons. The van der Waals surface area contributed by atoms with Crippen molar-refractivity contribution in [1.29, 1.82) is 0 Å². The molecule has 0 fully saturated rings. The summed E-state index contributed by atoms with van der Waals surface area (Å²) in [6, 6.07) is 0. The van der Waals surface area contributed by atoms with Crippen molar-refractivity contribution in [3.63, 3.8) is 0 Å². The summed E-state index contributed by atoms with van der Waals surface area (Å²) in [6.45, 7) is 1.26. The number of azide groups is 1. The molecule has 10 heteroatoms. The maximum atomic E-state index is 11.8. The van der Waals surface area contributed by atoms with Crippen molar-refractivity contribution < 1.29 is 4.79 Å². The molecule has 0 spiro atoms. The minimum absolute atomic E-state index is 0.102. The predicted octanol–water partition coefficient (Wildman–Crippen LogP) is 2.83. The molecule has 0 atom stereocenters. The monoisotopic (exact) mass is 383 g/mol. The second-order valence-corrected chi connectivity index (χ2v) is 6.59. The summed E-state index contributed by atoms with van der Waals surface area (Å²) in [5, 5.41) is 6.57. The molecule has 17 heavy (non-hydrogen) atoms. The fourth-order valence-electron chi connectivity index (χ4n) is 0.891. The Kier molecular flexibility index (Phi) is 4.31. The maximum absolute atomic E-state index is 11.8. The topological polar surface area (TPSA) is 101 Å². The van der Waals surface area contributed by atoms with E-state index in [1.807, 2.05) is 0 Å². The molecule has 0 N–H and O–H groups in total. The third kappa shape index (κ3) is 2.68. The molecule has 7 nitrogen and oxygen atoms in total. The fraction of sp³-hybridized carbons (Fsp3) is 0.286. The van der Waals surface area contributed by atoms with Crippen molar-refractivity contribution in [3.8, 4) is 0 Å². The molecule has 0 amide bonds. The normalized spacial score (nSPS) is 10.8. The van der Waals surface area contributed by atoms with Gasteiger partial charge in [0.2, 0.25) is 3.36 Å². The van der Waals surface area contributed by atoms with Gasteiger partial charge < -0.3 is 0 Å². The number of carbonyl (C=O) groups is 1. The van der Waals surface area contributed by atoms with Crippen LogP contribution in [0.3, 0.4) is 0 Å². The van der Waals surface area contributed by atoms with E-state index in [1.165, 1.54) is 6.92 Å². The van der Waals surface area contributed by atoms with Gasteiger partial charge in [0.25, 0.3) is 5.56 Å². The van der Waals surface area contributed by atoms with Crippen LogP contribution in [0.1, 0.15) is 6.92 Å². The van der Waals surface area contributed by atoms with E-state index in [0.29, 0.717) is 0 Å². The number of ketones is 1. The van der Waals surface area contributed by atoms with E-state index in [-0.39, 0.29) is 10.7 Å². The van der Waals surface area contributed by atoms with E-state index in [1.54, 1.807) is 0 Å². The first kappa shape index (κ1) is 14.2. The number of halogens is 3. The predicted molar refractivity (Wildman–Crippen MR) is 68.8 cm³/mol. The van der Waals surface area contributed by atoms with Crippen molar-refractivity contribution in [2.45, 2.75) is 10.3 Å². The molecule has 0 aliphatic heterocycles. The van der Waals surface area contributed by atoms with Crippen LogP contribution in [-0.4, -0.2) is 15.6 Å². The van der Waals surface area contributed by atoms with Crippen molar-refractivity contribution in [2.24, 2.45) is 5.11 Å². The average Bonchev–Trinajstić information content (AvgIpc) is 2.24. The lowest BCUT2D eigenvalue weighted by Crippen LogP contribution is -2.38. The highest BCUT2D eigenvalue weighted by Gasteiger charge is 2.34. The molecular formula is C7H4Br2ClN5O2. The highest BCUT2D eigenvalue weighted by molar-refractivity contribution is 9.25. The zero-order valence-electron chi connectivity index (χ0n) is 8.26. The summed E-state index contributed by atoms with van der Waals surface area (Å²) in [5.41, 5.74) is 7.38. The smallest absolute Gasteiger partial charge is 0.288 e. The highest BCUT2D eigenvalue weighted by atomic mass is 79.9. The first-order valence-electron chi connectivity index (χ1n) is 4.04. The van der Waals surface area contributed by atoms with E-state index >= 15 is 0 Å². The molecule has 90 valence electrons. The summed E-state index contributed by atoms with van der Waals surface area (Å²) in [4.78, 5) is 25.6. The van der Waals surface area contributed by atoms with Gasteiger partial charge in [0.05, 0.1) is 11.9 Å². The first-order valence-corrected chi connectivity index (χ1v) is 6.01. The van der Waals surface area contributed by atoms with Crippen LogP contribution in [0.4, 0.5) is 5.69 Å². The van der Waals surface area contributed by atoms with Crippen molar-refractivity contribution in [1.82, 2.24) is 9.78 Å². The minimum Gasteiger partial charge on any atom is -0.295 e. The highest BCUT2D eigenvalue weighted by Crippen LogP contribution is 2.32. The number of rotatable bonds is 3. The zero-order chi connectivity index (χ0) is 13.2. The maximum Gasteiger partial charge on any atom is 0.288 e. The van der Waals surface area contributed by atoms with Gasteiger partial charge in [-0.25, -0.2) is 0 Å². The third-order valence-corrected chi connectivity index (χ3v) is 3.89. The van der Waals surface area contributed by atoms with Gasteiger partial charge in [-0.15, -0.1) is 0 Å². The Hall–Kier alpha value is -0.890. The lowest BCUT2D eigenvalue weighted by molar-refractivity contribution is -0.118. The van der Waals surface area contributed by atoms with Crippen LogP contribution in [0.5, 0.6) is 0 Å². The van der Waals surface area contributed by atoms with E-state index in [4.69, 9.17) is 17.1 Å².